The van der Waals surface area contributed by atoms with E-state index < -0.39 is 0 Å². The number of nitrogens with one attached hydrogen (secondary N) is 2. The zero-order chi connectivity index (χ0) is 9.97. The van der Waals surface area contributed by atoms with E-state index in [4.69, 9.17) is 0 Å². The van der Waals surface area contributed by atoms with Gasteiger partial charge in [-0.2, -0.15) is 0 Å². The third kappa shape index (κ3) is 1.67. The summed E-state index contributed by atoms with van der Waals surface area (Å²) in [7, 11) is 0. The second-order valence-corrected chi connectivity index (χ2v) is 3.86. The minimum absolute atomic E-state index is 0.529. The molecule has 1 aromatic heterocycles. The van der Waals surface area contributed by atoms with Gasteiger partial charge in [0.2, 0.25) is 0 Å². The molecule has 3 nitrogen and oxygen atoms in total. The molecule has 1 atom stereocenters. The summed E-state index contributed by atoms with van der Waals surface area (Å²) < 4.78 is 0. The van der Waals surface area contributed by atoms with E-state index in [9.17, 15) is 0 Å². The molecule has 0 radical (unpaired) electrons. The van der Waals surface area contributed by atoms with Gasteiger partial charge in [0.15, 0.2) is 0 Å². The van der Waals surface area contributed by atoms with E-state index in [1.807, 2.05) is 12.3 Å². The summed E-state index contributed by atoms with van der Waals surface area (Å²) in [4.78, 5) is 4.34. The van der Waals surface area contributed by atoms with E-state index in [2.05, 4.69) is 29.5 Å². The Balaban J connectivity index is 2.18. The van der Waals surface area contributed by atoms with Crippen LogP contribution in [0.15, 0.2) is 12.3 Å². The molecule has 0 aromatic carbocycles. The maximum absolute atomic E-state index is 4.34. The molecule has 0 fully saturated rings. The minimum atomic E-state index is 0.529. The van der Waals surface area contributed by atoms with Crippen LogP contribution in [0.25, 0.3) is 0 Å². The van der Waals surface area contributed by atoms with Gasteiger partial charge in [0.1, 0.15) is 5.82 Å². The summed E-state index contributed by atoms with van der Waals surface area (Å²) in [5.74, 6) is 1.01. The number of anilines is 2. The van der Waals surface area contributed by atoms with E-state index in [0.717, 1.165) is 12.4 Å². The Hall–Kier alpha value is -1.25. The van der Waals surface area contributed by atoms with Gasteiger partial charge >= 0.3 is 0 Å². The van der Waals surface area contributed by atoms with Crippen LogP contribution >= 0.6 is 0 Å². The van der Waals surface area contributed by atoms with Crippen molar-refractivity contribution in [3.63, 3.8) is 0 Å². The number of fused-ring (bicyclic) bond motifs is 1. The molecule has 0 saturated carbocycles. The van der Waals surface area contributed by atoms with Gasteiger partial charge in [-0.3, -0.25) is 0 Å². The Morgan fingerprint density at radius 1 is 1.57 bits per heavy atom. The van der Waals surface area contributed by atoms with Crippen LogP contribution in [-0.2, 0) is 0 Å². The number of aryl methyl sites for hydroxylation is 1. The van der Waals surface area contributed by atoms with Gasteiger partial charge in [0, 0.05) is 18.8 Å². The molecule has 2 heterocycles. The Labute approximate surface area is 84.9 Å². The van der Waals surface area contributed by atoms with Gasteiger partial charge in [0.25, 0.3) is 0 Å². The smallest absolute Gasteiger partial charge is 0.149 e. The topological polar surface area (TPSA) is 37.0 Å². The highest BCUT2D eigenvalue weighted by Gasteiger charge is 2.17. The Bertz CT molecular complexity index is 322. The molecular weight excluding hydrogens is 174 g/mol. The number of hydrogen-bond donors (Lipinski definition) is 2. The lowest BCUT2D eigenvalue weighted by Gasteiger charge is -2.28. The molecule has 3 heteroatoms. The van der Waals surface area contributed by atoms with Crippen LogP contribution in [0, 0.1) is 6.92 Å². The van der Waals surface area contributed by atoms with Gasteiger partial charge in [-0.25, -0.2) is 4.98 Å². The maximum Gasteiger partial charge on any atom is 0.149 e. The normalized spacial score (nSPS) is 19.4. The van der Waals surface area contributed by atoms with E-state index in [1.165, 1.54) is 24.1 Å². The lowest BCUT2D eigenvalue weighted by atomic mass is 10.1. The van der Waals surface area contributed by atoms with Crippen molar-refractivity contribution in [1.29, 1.82) is 0 Å². The largest absolute Gasteiger partial charge is 0.380 e. The molecule has 0 spiro atoms. The maximum atomic E-state index is 4.34. The van der Waals surface area contributed by atoms with Crippen LogP contribution in [0.4, 0.5) is 11.5 Å². The molecule has 1 unspecified atom stereocenters. The summed E-state index contributed by atoms with van der Waals surface area (Å²) in [6, 6.07) is 2.56. The van der Waals surface area contributed by atoms with Crippen LogP contribution in [0.1, 0.15) is 25.3 Å². The van der Waals surface area contributed by atoms with E-state index >= 15 is 0 Å². The SMILES string of the molecule is CCCC1CNc2c(C)ccnc2N1. The van der Waals surface area contributed by atoms with Crippen LogP contribution in [0.3, 0.4) is 0 Å². The molecule has 1 aliphatic rings. The van der Waals surface area contributed by atoms with Crippen LogP contribution in [-0.4, -0.2) is 17.6 Å². The quantitative estimate of drug-likeness (QED) is 0.753. The number of hydrogen-bond acceptors (Lipinski definition) is 3. The van der Waals surface area contributed by atoms with Crippen LogP contribution in [0.5, 0.6) is 0 Å². The number of aromatic nitrogens is 1. The highest BCUT2D eigenvalue weighted by molar-refractivity contribution is 5.70. The summed E-state index contributed by atoms with van der Waals surface area (Å²) in [5.41, 5.74) is 2.43. The predicted molar refractivity (Wildman–Crippen MR) is 59.8 cm³/mol. The first kappa shape index (κ1) is 9.31. The average Bonchev–Trinajstić information content (AvgIpc) is 2.18. The molecule has 1 aromatic rings. The van der Waals surface area contributed by atoms with Gasteiger partial charge in [-0.15, -0.1) is 0 Å². The van der Waals surface area contributed by atoms with Crippen molar-refractivity contribution in [2.24, 2.45) is 0 Å². The van der Waals surface area contributed by atoms with E-state index in [0.29, 0.717) is 6.04 Å². The zero-order valence-electron chi connectivity index (χ0n) is 8.80. The van der Waals surface area contributed by atoms with Crippen LogP contribution < -0.4 is 10.6 Å². The van der Waals surface area contributed by atoms with Gasteiger partial charge in [0.05, 0.1) is 5.69 Å². The van der Waals surface area contributed by atoms with Crippen molar-refractivity contribution in [2.45, 2.75) is 32.7 Å². The first-order valence-corrected chi connectivity index (χ1v) is 5.27. The molecule has 76 valence electrons. The highest BCUT2D eigenvalue weighted by atomic mass is 15.1. The second-order valence-electron chi connectivity index (χ2n) is 3.86. The molecule has 0 saturated heterocycles. The molecule has 2 rings (SSSR count). The fourth-order valence-corrected chi connectivity index (χ4v) is 1.88. The third-order valence-electron chi connectivity index (χ3n) is 2.66. The van der Waals surface area contributed by atoms with Gasteiger partial charge in [-0.1, -0.05) is 13.3 Å². The first-order chi connectivity index (χ1) is 6.81. The van der Waals surface area contributed by atoms with Crippen molar-refractivity contribution < 1.29 is 0 Å². The van der Waals surface area contributed by atoms with Crippen molar-refractivity contribution in [3.8, 4) is 0 Å². The highest BCUT2D eigenvalue weighted by Crippen LogP contribution is 2.27. The lowest BCUT2D eigenvalue weighted by Crippen LogP contribution is -2.33. The fourth-order valence-electron chi connectivity index (χ4n) is 1.88. The molecule has 14 heavy (non-hydrogen) atoms. The van der Waals surface area contributed by atoms with E-state index in [-0.39, 0.29) is 0 Å². The fraction of sp³-hybridized carbons (Fsp3) is 0.545. The number of pyridine rings is 1. The minimum Gasteiger partial charge on any atom is -0.380 e. The number of rotatable bonds is 2. The Kier molecular flexibility index (Phi) is 2.57. The molecule has 0 bridgehead atoms. The predicted octanol–water partition coefficient (Wildman–Crippen LogP) is 2.40. The summed E-state index contributed by atoms with van der Waals surface area (Å²) in [6.45, 7) is 5.32. The summed E-state index contributed by atoms with van der Waals surface area (Å²) in [5, 5.41) is 6.91. The van der Waals surface area contributed by atoms with Crippen molar-refractivity contribution in [1.82, 2.24) is 4.98 Å². The van der Waals surface area contributed by atoms with Crippen LogP contribution in [0.2, 0.25) is 0 Å². The van der Waals surface area contributed by atoms with Gasteiger partial charge in [-0.05, 0) is 25.0 Å². The van der Waals surface area contributed by atoms with Gasteiger partial charge < -0.3 is 10.6 Å². The molecule has 2 N–H and O–H groups in total. The van der Waals surface area contributed by atoms with Crippen molar-refractivity contribution >= 4 is 11.5 Å². The molecular formula is C11H17N3. The molecule has 0 aliphatic carbocycles. The standard InChI is InChI=1S/C11H17N3/c1-3-4-9-7-13-10-8(2)5-6-12-11(10)14-9/h5-6,9,13H,3-4,7H2,1-2H3,(H,12,14). The zero-order valence-corrected chi connectivity index (χ0v) is 8.80. The summed E-state index contributed by atoms with van der Waals surface area (Å²) >= 11 is 0. The molecule has 0 amide bonds. The second kappa shape index (κ2) is 3.86. The summed E-state index contributed by atoms with van der Waals surface area (Å²) in [6.07, 6.45) is 4.26. The Morgan fingerprint density at radius 2 is 2.43 bits per heavy atom. The molecule has 1 aliphatic heterocycles. The first-order valence-electron chi connectivity index (χ1n) is 5.27. The lowest BCUT2D eigenvalue weighted by molar-refractivity contribution is 0.651. The monoisotopic (exact) mass is 191 g/mol. The average molecular weight is 191 g/mol. The van der Waals surface area contributed by atoms with E-state index in [1.54, 1.807) is 0 Å². The van der Waals surface area contributed by atoms with Crippen molar-refractivity contribution in [2.75, 3.05) is 17.2 Å². The number of nitrogens with zero attached hydrogens (tertiary/aromatic N) is 1. The third-order valence-corrected chi connectivity index (χ3v) is 2.66. The Morgan fingerprint density at radius 3 is 3.21 bits per heavy atom. The van der Waals surface area contributed by atoms with Crippen molar-refractivity contribution in [3.05, 3.63) is 17.8 Å².